The van der Waals surface area contributed by atoms with Crippen LogP contribution in [0.25, 0.3) is 0 Å². The molecule has 0 spiro atoms. The predicted octanol–water partition coefficient (Wildman–Crippen LogP) is 4.12. The number of carbonyl (C=O) groups is 1. The zero-order valence-corrected chi connectivity index (χ0v) is 15.3. The SMILES string of the molecule is CC(C)(CO)CNC(=O)c1ccccc1Oc1ccc(C#N)c(C(F)(F)F)c1. The molecule has 0 saturated heterocycles. The minimum absolute atomic E-state index is 0.0691. The Morgan fingerprint density at radius 3 is 2.50 bits per heavy atom. The quantitative estimate of drug-likeness (QED) is 0.775. The molecule has 1 amide bonds. The average Bonchev–Trinajstić information content (AvgIpc) is 2.66. The van der Waals surface area contributed by atoms with Crippen LogP contribution in [0.3, 0.4) is 0 Å². The summed E-state index contributed by atoms with van der Waals surface area (Å²) in [5.41, 5.74) is -2.02. The second-order valence-corrected chi connectivity index (χ2v) is 6.92. The minimum Gasteiger partial charge on any atom is -0.457 e. The van der Waals surface area contributed by atoms with Crippen LogP contribution in [0, 0.1) is 16.7 Å². The van der Waals surface area contributed by atoms with E-state index >= 15 is 0 Å². The molecule has 2 N–H and O–H groups in total. The van der Waals surface area contributed by atoms with Gasteiger partial charge in [0.25, 0.3) is 5.91 Å². The van der Waals surface area contributed by atoms with Gasteiger partial charge in [-0.1, -0.05) is 26.0 Å². The largest absolute Gasteiger partial charge is 0.457 e. The van der Waals surface area contributed by atoms with Crippen LogP contribution in [-0.2, 0) is 6.18 Å². The van der Waals surface area contributed by atoms with Crippen molar-refractivity contribution >= 4 is 5.91 Å². The number of hydrogen-bond acceptors (Lipinski definition) is 4. The number of nitrogens with zero attached hydrogens (tertiary/aromatic N) is 1. The van der Waals surface area contributed by atoms with E-state index in [0.29, 0.717) is 0 Å². The number of carbonyl (C=O) groups excluding carboxylic acids is 1. The number of alkyl halides is 3. The average molecular weight is 392 g/mol. The van der Waals surface area contributed by atoms with Crippen molar-refractivity contribution in [3.8, 4) is 17.6 Å². The number of para-hydroxylation sites is 1. The van der Waals surface area contributed by atoms with Crippen molar-refractivity contribution in [1.82, 2.24) is 5.32 Å². The molecular formula is C20H19F3N2O3. The van der Waals surface area contributed by atoms with E-state index in [1.54, 1.807) is 26.0 Å². The monoisotopic (exact) mass is 392 g/mol. The summed E-state index contributed by atoms with van der Waals surface area (Å²) in [5.74, 6) is -0.566. The number of nitriles is 1. The summed E-state index contributed by atoms with van der Waals surface area (Å²) in [7, 11) is 0. The third kappa shape index (κ3) is 5.24. The number of amides is 1. The molecule has 0 aliphatic rings. The van der Waals surface area contributed by atoms with Gasteiger partial charge in [-0.05, 0) is 30.3 Å². The maximum Gasteiger partial charge on any atom is 0.417 e. The lowest BCUT2D eigenvalue weighted by Gasteiger charge is -2.22. The summed E-state index contributed by atoms with van der Waals surface area (Å²) in [6.45, 7) is 3.61. The number of benzene rings is 2. The topological polar surface area (TPSA) is 82.3 Å². The molecule has 0 unspecified atom stereocenters. The van der Waals surface area contributed by atoms with Crippen molar-refractivity contribution in [3.63, 3.8) is 0 Å². The lowest BCUT2D eigenvalue weighted by atomic mass is 9.95. The maximum atomic E-state index is 13.1. The predicted molar refractivity (Wildman–Crippen MR) is 95.9 cm³/mol. The molecule has 148 valence electrons. The molecule has 5 nitrogen and oxygen atoms in total. The fourth-order valence-electron chi connectivity index (χ4n) is 2.26. The van der Waals surface area contributed by atoms with Gasteiger partial charge in [0.2, 0.25) is 0 Å². The molecule has 2 aromatic carbocycles. The standard InChI is InChI=1S/C20H19F3N2O3/c1-19(2,12-26)11-25-18(27)15-5-3-4-6-17(15)28-14-8-7-13(10-24)16(9-14)20(21,22)23/h3-9,26H,11-12H2,1-2H3,(H,25,27). The molecule has 0 bridgehead atoms. The zero-order chi connectivity index (χ0) is 20.9. The van der Waals surface area contributed by atoms with Gasteiger partial charge in [-0.2, -0.15) is 18.4 Å². The van der Waals surface area contributed by atoms with Crippen molar-refractivity contribution < 1.29 is 27.8 Å². The first-order valence-corrected chi connectivity index (χ1v) is 8.35. The molecule has 2 aromatic rings. The van der Waals surface area contributed by atoms with Crippen molar-refractivity contribution in [3.05, 3.63) is 59.2 Å². The summed E-state index contributed by atoms with van der Waals surface area (Å²) in [5, 5.41) is 20.8. The molecule has 0 atom stereocenters. The third-order valence-electron chi connectivity index (χ3n) is 3.93. The Bertz CT molecular complexity index is 902. The van der Waals surface area contributed by atoms with Crippen LogP contribution in [0.2, 0.25) is 0 Å². The third-order valence-corrected chi connectivity index (χ3v) is 3.93. The maximum absolute atomic E-state index is 13.1. The minimum atomic E-state index is -4.71. The van der Waals surface area contributed by atoms with Crippen LogP contribution in [0.5, 0.6) is 11.5 Å². The van der Waals surface area contributed by atoms with E-state index in [9.17, 15) is 23.1 Å². The van der Waals surface area contributed by atoms with Crippen LogP contribution in [0.15, 0.2) is 42.5 Å². The van der Waals surface area contributed by atoms with Gasteiger partial charge in [-0.25, -0.2) is 0 Å². The van der Waals surface area contributed by atoms with Crippen LogP contribution >= 0.6 is 0 Å². The fourth-order valence-corrected chi connectivity index (χ4v) is 2.26. The number of hydrogen-bond donors (Lipinski definition) is 2. The van der Waals surface area contributed by atoms with E-state index in [1.165, 1.54) is 24.3 Å². The van der Waals surface area contributed by atoms with Crippen molar-refractivity contribution in [2.45, 2.75) is 20.0 Å². The number of nitrogens with one attached hydrogen (secondary N) is 1. The Morgan fingerprint density at radius 2 is 1.89 bits per heavy atom. The molecular weight excluding hydrogens is 373 g/mol. The van der Waals surface area contributed by atoms with E-state index in [1.807, 2.05) is 0 Å². The van der Waals surface area contributed by atoms with Crippen molar-refractivity contribution in [2.75, 3.05) is 13.2 Å². The van der Waals surface area contributed by atoms with Gasteiger partial charge in [0, 0.05) is 18.6 Å². The van der Waals surface area contributed by atoms with Crippen LogP contribution in [-0.4, -0.2) is 24.2 Å². The highest BCUT2D eigenvalue weighted by molar-refractivity contribution is 5.97. The van der Waals surface area contributed by atoms with E-state index < -0.39 is 28.6 Å². The molecule has 0 fully saturated rings. The summed E-state index contributed by atoms with van der Waals surface area (Å²) in [6.07, 6.45) is -4.71. The normalized spacial score (nSPS) is 11.6. The molecule has 0 aliphatic heterocycles. The van der Waals surface area contributed by atoms with Gasteiger partial charge in [0.1, 0.15) is 11.5 Å². The molecule has 0 radical (unpaired) electrons. The number of halogens is 3. The van der Waals surface area contributed by atoms with Gasteiger partial charge in [0.05, 0.1) is 22.8 Å². The molecule has 28 heavy (non-hydrogen) atoms. The highest BCUT2D eigenvalue weighted by Gasteiger charge is 2.34. The molecule has 0 aliphatic carbocycles. The number of ether oxygens (including phenoxy) is 1. The van der Waals surface area contributed by atoms with E-state index in [0.717, 1.165) is 12.1 Å². The molecule has 0 saturated carbocycles. The summed E-state index contributed by atoms with van der Waals surface area (Å²) in [6, 6.07) is 10.6. The lowest BCUT2D eigenvalue weighted by molar-refractivity contribution is -0.137. The van der Waals surface area contributed by atoms with Crippen LogP contribution < -0.4 is 10.1 Å². The molecule has 0 aromatic heterocycles. The van der Waals surface area contributed by atoms with Crippen molar-refractivity contribution in [1.29, 1.82) is 5.26 Å². The number of rotatable bonds is 6. The second-order valence-electron chi connectivity index (χ2n) is 6.92. The lowest BCUT2D eigenvalue weighted by Crippen LogP contribution is -2.36. The molecule has 2 rings (SSSR count). The van der Waals surface area contributed by atoms with Gasteiger partial charge < -0.3 is 15.2 Å². The fraction of sp³-hybridized carbons (Fsp3) is 0.300. The Balaban J connectivity index is 2.29. The Morgan fingerprint density at radius 1 is 1.21 bits per heavy atom. The zero-order valence-electron chi connectivity index (χ0n) is 15.3. The Hall–Kier alpha value is -3.05. The van der Waals surface area contributed by atoms with Gasteiger partial charge in [-0.15, -0.1) is 0 Å². The summed E-state index contributed by atoms with van der Waals surface area (Å²) < 4.78 is 44.9. The Labute approximate surface area is 160 Å². The highest BCUT2D eigenvalue weighted by atomic mass is 19.4. The Kier molecular flexibility index (Phi) is 6.31. The first-order valence-electron chi connectivity index (χ1n) is 8.35. The molecule has 8 heteroatoms. The first-order chi connectivity index (χ1) is 13.1. The molecule has 0 heterocycles. The van der Waals surface area contributed by atoms with Crippen LogP contribution in [0.1, 0.15) is 35.3 Å². The summed E-state index contributed by atoms with van der Waals surface area (Å²) >= 11 is 0. The first kappa shape index (κ1) is 21.3. The smallest absolute Gasteiger partial charge is 0.417 e. The van der Waals surface area contributed by atoms with Gasteiger partial charge in [-0.3, -0.25) is 4.79 Å². The second kappa shape index (κ2) is 8.31. The number of aliphatic hydroxyl groups excluding tert-OH is 1. The highest BCUT2D eigenvalue weighted by Crippen LogP contribution is 2.35. The van der Waals surface area contributed by atoms with E-state index in [2.05, 4.69) is 5.32 Å². The summed E-state index contributed by atoms with van der Waals surface area (Å²) in [4.78, 5) is 12.4. The van der Waals surface area contributed by atoms with Crippen LogP contribution in [0.4, 0.5) is 13.2 Å². The van der Waals surface area contributed by atoms with E-state index in [4.69, 9.17) is 10.00 Å². The van der Waals surface area contributed by atoms with Crippen molar-refractivity contribution in [2.24, 2.45) is 5.41 Å². The van der Waals surface area contributed by atoms with E-state index in [-0.39, 0.29) is 30.2 Å². The van der Waals surface area contributed by atoms with Gasteiger partial charge >= 0.3 is 6.18 Å². The van der Waals surface area contributed by atoms with Gasteiger partial charge in [0.15, 0.2) is 0 Å². The number of aliphatic hydroxyl groups is 1.